The van der Waals surface area contributed by atoms with Crippen LogP contribution in [0.2, 0.25) is 0 Å². The summed E-state index contributed by atoms with van der Waals surface area (Å²) < 4.78 is 0. The molecule has 2 rings (SSSR count). The molecule has 0 atom stereocenters. The summed E-state index contributed by atoms with van der Waals surface area (Å²) in [7, 11) is 1.76. The maximum absolute atomic E-state index is 12.5. The van der Waals surface area contributed by atoms with Gasteiger partial charge < -0.3 is 10.0 Å². The van der Waals surface area contributed by atoms with Crippen molar-refractivity contribution >= 4 is 17.7 Å². The van der Waals surface area contributed by atoms with Crippen molar-refractivity contribution in [2.24, 2.45) is 5.92 Å². The first kappa shape index (κ1) is 15.4. The summed E-state index contributed by atoms with van der Waals surface area (Å²) in [4.78, 5) is 26.8. The van der Waals surface area contributed by atoms with E-state index >= 15 is 0 Å². The van der Waals surface area contributed by atoms with Crippen LogP contribution < -0.4 is 4.90 Å². The van der Waals surface area contributed by atoms with E-state index in [9.17, 15) is 9.59 Å². The number of carboxylic acid groups (broad SMARTS) is 1. The predicted octanol–water partition coefficient (Wildman–Crippen LogP) is 2.66. The van der Waals surface area contributed by atoms with Gasteiger partial charge in [-0.2, -0.15) is 0 Å². The second-order valence-electron chi connectivity index (χ2n) is 5.79. The van der Waals surface area contributed by atoms with Gasteiger partial charge in [-0.3, -0.25) is 9.69 Å². The quantitative estimate of drug-likeness (QED) is 0.911. The van der Waals surface area contributed by atoms with Crippen molar-refractivity contribution in [1.82, 2.24) is 4.90 Å². The highest BCUT2D eigenvalue weighted by Gasteiger charge is 2.28. The molecule has 1 heterocycles. The van der Waals surface area contributed by atoms with E-state index in [1.165, 1.54) is 0 Å². The molecule has 0 aliphatic carbocycles. The van der Waals surface area contributed by atoms with Crippen LogP contribution in [0.15, 0.2) is 18.2 Å². The number of aliphatic carboxylic acids is 1. The van der Waals surface area contributed by atoms with Crippen molar-refractivity contribution in [3.63, 3.8) is 0 Å². The van der Waals surface area contributed by atoms with Crippen LogP contribution in [0.3, 0.4) is 0 Å². The number of urea groups is 1. The zero-order chi connectivity index (χ0) is 15.6. The summed E-state index contributed by atoms with van der Waals surface area (Å²) in [5.41, 5.74) is 3.11. The molecule has 0 saturated carbocycles. The third-order valence-electron chi connectivity index (χ3n) is 4.00. The maximum Gasteiger partial charge on any atom is 0.324 e. The van der Waals surface area contributed by atoms with E-state index in [4.69, 9.17) is 5.11 Å². The van der Waals surface area contributed by atoms with Gasteiger partial charge in [-0.15, -0.1) is 0 Å². The number of carbonyl (C=O) groups is 2. The first-order chi connectivity index (χ1) is 9.88. The standard InChI is InChI=1S/C16H22N2O3/c1-11-8-12(2)10-14(9-11)17(3)16(21)18-6-4-13(5-7-18)15(19)20/h8-10,13H,4-7H2,1-3H3,(H,19,20). The minimum atomic E-state index is -0.759. The van der Waals surface area contributed by atoms with Crippen LogP contribution in [0.1, 0.15) is 24.0 Å². The van der Waals surface area contributed by atoms with Gasteiger partial charge in [0.1, 0.15) is 0 Å². The number of nitrogens with zero attached hydrogens (tertiary/aromatic N) is 2. The highest BCUT2D eigenvalue weighted by atomic mass is 16.4. The highest BCUT2D eigenvalue weighted by Crippen LogP contribution is 2.22. The van der Waals surface area contributed by atoms with Crippen LogP contribution in [0.5, 0.6) is 0 Å². The Morgan fingerprint density at radius 1 is 1.14 bits per heavy atom. The molecule has 1 aromatic rings. The van der Waals surface area contributed by atoms with Crippen molar-refractivity contribution in [2.45, 2.75) is 26.7 Å². The Kier molecular flexibility index (Phi) is 4.50. The number of hydrogen-bond acceptors (Lipinski definition) is 2. The van der Waals surface area contributed by atoms with Crippen molar-refractivity contribution < 1.29 is 14.7 Å². The lowest BCUT2D eigenvalue weighted by Crippen LogP contribution is -2.46. The van der Waals surface area contributed by atoms with Gasteiger partial charge >= 0.3 is 12.0 Å². The Bertz CT molecular complexity index is 528. The van der Waals surface area contributed by atoms with Crippen LogP contribution >= 0.6 is 0 Å². The topological polar surface area (TPSA) is 60.9 Å². The van der Waals surface area contributed by atoms with Crippen molar-refractivity contribution in [1.29, 1.82) is 0 Å². The van der Waals surface area contributed by atoms with Crippen LogP contribution in [0.25, 0.3) is 0 Å². The Labute approximate surface area is 125 Å². The van der Waals surface area contributed by atoms with E-state index in [0.717, 1.165) is 16.8 Å². The molecule has 2 amide bonds. The Morgan fingerprint density at radius 3 is 2.14 bits per heavy atom. The van der Waals surface area contributed by atoms with Gasteiger partial charge in [0.15, 0.2) is 0 Å². The molecule has 114 valence electrons. The van der Waals surface area contributed by atoms with E-state index in [-0.39, 0.29) is 11.9 Å². The number of aryl methyl sites for hydroxylation is 2. The summed E-state index contributed by atoms with van der Waals surface area (Å²) in [6.07, 6.45) is 1.06. The number of amides is 2. The van der Waals surface area contributed by atoms with E-state index < -0.39 is 5.97 Å². The van der Waals surface area contributed by atoms with E-state index in [2.05, 4.69) is 6.07 Å². The number of benzene rings is 1. The molecule has 1 saturated heterocycles. The van der Waals surface area contributed by atoms with Crippen LogP contribution in [-0.4, -0.2) is 42.1 Å². The summed E-state index contributed by atoms with van der Waals surface area (Å²) in [6.45, 7) is 5.02. The molecule has 5 heteroatoms. The van der Waals surface area contributed by atoms with Gasteiger partial charge in [0.05, 0.1) is 5.92 Å². The van der Waals surface area contributed by atoms with E-state index in [1.54, 1.807) is 16.8 Å². The molecular formula is C16H22N2O3. The molecule has 0 aromatic heterocycles. The van der Waals surface area contributed by atoms with Gasteiger partial charge in [-0.25, -0.2) is 4.79 Å². The third-order valence-corrected chi connectivity index (χ3v) is 4.00. The number of carbonyl (C=O) groups excluding carboxylic acids is 1. The first-order valence-corrected chi connectivity index (χ1v) is 7.22. The monoisotopic (exact) mass is 290 g/mol. The van der Waals surface area contributed by atoms with Gasteiger partial charge in [0, 0.05) is 25.8 Å². The Morgan fingerprint density at radius 2 is 1.67 bits per heavy atom. The summed E-state index contributed by atoms with van der Waals surface area (Å²) >= 11 is 0. The molecule has 0 spiro atoms. The lowest BCUT2D eigenvalue weighted by molar-refractivity contribution is -0.143. The van der Waals surface area contributed by atoms with Gasteiger partial charge in [0.25, 0.3) is 0 Å². The Balaban J connectivity index is 2.04. The molecule has 1 aromatic carbocycles. The number of likely N-dealkylation sites (tertiary alicyclic amines) is 1. The number of hydrogen-bond donors (Lipinski definition) is 1. The molecule has 21 heavy (non-hydrogen) atoms. The van der Waals surface area contributed by atoms with Crippen molar-refractivity contribution in [2.75, 3.05) is 25.0 Å². The zero-order valence-corrected chi connectivity index (χ0v) is 12.8. The number of rotatable bonds is 2. The summed E-state index contributed by atoms with van der Waals surface area (Å²) in [6, 6.07) is 5.97. The first-order valence-electron chi connectivity index (χ1n) is 7.22. The van der Waals surface area contributed by atoms with Gasteiger partial charge in [-0.1, -0.05) is 6.07 Å². The van der Waals surface area contributed by atoms with Crippen LogP contribution in [0, 0.1) is 19.8 Å². The molecule has 5 nitrogen and oxygen atoms in total. The van der Waals surface area contributed by atoms with Crippen molar-refractivity contribution in [3.05, 3.63) is 29.3 Å². The molecule has 1 aliphatic heterocycles. The van der Waals surface area contributed by atoms with Crippen LogP contribution in [-0.2, 0) is 4.79 Å². The number of carboxylic acids is 1. The molecule has 1 fully saturated rings. The van der Waals surface area contributed by atoms with E-state index in [1.807, 2.05) is 26.0 Å². The third kappa shape index (κ3) is 3.54. The summed E-state index contributed by atoms with van der Waals surface area (Å²) in [5, 5.41) is 9.00. The lowest BCUT2D eigenvalue weighted by atomic mass is 9.97. The second-order valence-corrected chi connectivity index (χ2v) is 5.79. The average Bonchev–Trinajstić information content (AvgIpc) is 2.44. The number of anilines is 1. The molecular weight excluding hydrogens is 268 g/mol. The Hall–Kier alpha value is -2.04. The van der Waals surface area contributed by atoms with E-state index in [0.29, 0.717) is 25.9 Å². The molecule has 1 N–H and O–H groups in total. The smallest absolute Gasteiger partial charge is 0.324 e. The highest BCUT2D eigenvalue weighted by molar-refractivity contribution is 5.91. The SMILES string of the molecule is Cc1cc(C)cc(N(C)C(=O)N2CCC(C(=O)O)CC2)c1. The minimum Gasteiger partial charge on any atom is -0.481 e. The zero-order valence-electron chi connectivity index (χ0n) is 12.8. The van der Waals surface area contributed by atoms with Gasteiger partial charge in [0.2, 0.25) is 0 Å². The molecule has 0 radical (unpaired) electrons. The average molecular weight is 290 g/mol. The number of piperidine rings is 1. The minimum absolute atomic E-state index is 0.0659. The van der Waals surface area contributed by atoms with Gasteiger partial charge in [-0.05, 0) is 49.9 Å². The fourth-order valence-electron chi connectivity index (χ4n) is 2.78. The fraction of sp³-hybridized carbons (Fsp3) is 0.500. The maximum atomic E-state index is 12.5. The van der Waals surface area contributed by atoms with Crippen LogP contribution in [0.4, 0.5) is 10.5 Å². The summed E-state index contributed by atoms with van der Waals surface area (Å²) in [5.74, 6) is -1.08. The molecule has 0 unspecified atom stereocenters. The second kappa shape index (κ2) is 6.16. The largest absolute Gasteiger partial charge is 0.481 e. The fourth-order valence-corrected chi connectivity index (χ4v) is 2.78. The van der Waals surface area contributed by atoms with Crippen molar-refractivity contribution in [3.8, 4) is 0 Å². The normalized spacial score (nSPS) is 15.9. The predicted molar refractivity (Wildman–Crippen MR) is 81.6 cm³/mol. The lowest BCUT2D eigenvalue weighted by Gasteiger charge is -2.33. The molecule has 1 aliphatic rings. The molecule has 0 bridgehead atoms.